The van der Waals surface area contributed by atoms with Gasteiger partial charge in [0, 0.05) is 33.5 Å². The van der Waals surface area contributed by atoms with Crippen molar-refractivity contribution in [3.63, 3.8) is 0 Å². The second-order valence-electron chi connectivity index (χ2n) is 5.32. The van der Waals surface area contributed by atoms with Crippen molar-refractivity contribution in [2.75, 3.05) is 5.32 Å². The Labute approximate surface area is 137 Å². The number of fused-ring (bicyclic) bond motifs is 1. The summed E-state index contributed by atoms with van der Waals surface area (Å²) < 4.78 is 0. The Balaban J connectivity index is 1.77. The molecule has 1 aliphatic carbocycles. The van der Waals surface area contributed by atoms with Crippen molar-refractivity contribution in [2.24, 2.45) is 0 Å². The van der Waals surface area contributed by atoms with Crippen LogP contribution in [0.1, 0.15) is 30.3 Å². The number of rotatable bonds is 4. The average molecular weight is 330 g/mol. The van der Waals surface area contributed by atoms with Gasteiger partial charge in [0.15, 0.2) is 11.6 Å². The quantitative estimate of drug-likeness (QED) is 0.709. The fraction of sp³-hybridized carbons (Fsp3) is 0.200. The number of aromatic amines is 1. The van der Waals surface area contributed by atoms with E-state index >= 15 is 0 Å². The first-order valence-electron chi connectivity index (χ1n) is 6.98. The van der Waals surface area contributed by atoms with Crippen LogP contribution in [0.25, 0.3) is 10.9 Å². The molecule has 1 fully saturated rings. The average Bonchev–Trinajstić information content (AvgIpc) is 3.27. The fourth-order valence-electron chi connectivity index (χ4n) is 2.39. The molecule has 110 valence electrons. The normalized spacial score (nSPS) is 14.2. The molecule has 0 aliphatic heterocycles. The van der Waals surface area contributed by atoms with Crippen LogP contribution in [0, 0.1) is 0 Å². The predicted octanol–water partition coefficient (Wildman–Crippen LogP) is 3.98. The first kappa shape index (κ1) is 13.6. The minimum Gasteiger partial charge on any atom is -0.323 e. The van der Waals surface area contributed by atoms with Crippen molar-refractivity contribution in [1.29, 1.82) is 0 Å². The highest BCUT2D eigenvalue weighted by Gasteiger charge is 2.25. The van der Waals surface area contributed by atoms with E-state index in [2.05, 4.69) is 25.5 Å². The zero-order valence-electron chi connectivity index (χ0n) is 11.5. The van der Waals surface area contributed by atoms with Crippen molar-refractivity contribution < 1.29 is 0 Å². The molecule has 0 radical (unpaired) electrons. The van der Waals surface area contributed by atoms with Gasteiger partial charge in [-0.05, 0) is 31.0 Å². The van der Waals surface area contributed by atoms with Gasteiger partial charge in [0.25, 0.3) is 0 Å². The number of nitrogens with one attached hydrogen (secondary N) is 2. The summed E-state index contributed by atoms with van der Waals surface area (Å²) in [5, 5.41) is 13.5. The van der Waals surface area contributed by atoms with Gasteiger partial charge in [-0.2, -0.15) is 5.10 Å². The smallest absolute Gasteiger partial charge is 0.165 e. The number of halogens is 1. The van der Waals surface area contributed by atoms with Gasteiger partial charge in [0.2, 0.25) is 0 Å². The van der Waals surface area contributed by atoms with Crippen LogP contribution in [0.15, 0.2) is 24.3 Å². The molecule has 2 heterocycles. The van der Waals surface area contributed by atoms with E-state index in [1.807, 2.05) is 18.2 Å². The molecular weight excluding hydrogens is 318 g/mol. The van der Waals surface area contributed by atoms with Crippen molar-refractivity contribution in [3.05, 3.63) is 40.8 Å². The van der Waals surface area contributed by atoms with Crippen LogP contribution in [-0.2, 0) is 0 Å². The molecule has 1 aliphatic rings. The lowest BCUT2D eigenvalue weighted by Gasteiger charge is -2.07. The third kappa shape index (κ3) is 2.55. The number of anilines is 2. The Morgan fingerprint density at radius 3 is 2.91 bits per heavy atom. The van der Waals surface area contributed by atoms with Crippen LogP contribution in [0.2, 0.25) is 5.02 Å². The van der Waals surface area contributed by atoms with Gasteiger partial charge in [0.1, 0.15) is 5.82 Å². The van der Waals surface area contributed by atoms with E-state index < -0.39 is 0 Å². The molecule has 3 aromatic rings. The highest BCUT2D eigenvalue weighted by molar-refractivity contribution is 7.79. The van der Waals surface area contributed by atoms with E-state index in [9.17, 15) is 0 Å². The van der Waals surface area contributed by atoms with Crippen LogP contribution >= 0.6 is 23.8 Å². The lowest BCUT2D eigenvalue weighted by atomic mass is 10.2. The molecule has 5 nitrogen and oxygen atoms in total. The summed E-state index contributed by atoms with van der Waals surface area (Å²) in [6.07, 6.45) is 2.45. The standard InChI is InChI=1S/C15H12ClN5S/c16-9-3-4-11-10(5-9)15(19-14(7-22)17-11)18-13-6-12(20-21-13)8-1-2-8/h3-8H,1-2H2,(H2,17,18,19,20,21). The number of hydrogen-bond acceptors (Lipinski definition) is 5. The third-order valence-corrected chi connectivity index (χ3v) is 4.09. The summed E-state index contributed by atoms with van der Waals surface area (Å²) in [5.41, 5.74) is 1.95. The Kier molecular flexibility index (Phi) is 3.28. The Morgan fingerprint density at radius 2 is 2.14 bits per heavy atom. The SMILES string of the molecule is S=Cc1nc(Nc2cc(C3CC3)[nH]n2)c2cc(Cl)ccc2n1. The second-order valence-corrected chi connectivity index (χ2v) is 5.99. The van der Waals surface area contributed by atoms with Gasteiger partial charge < -0.3 is 5.32 Å². The lowest BCUT2D eigenvalue weighted by molar-refractivity contribution is 0.966. The first-order chi connectivity index (χ1) is 10.7. The van der Waals surface area contributed by atoms with E-state index in [-0.39, 0.29) is 0 Å². The Hall–Kier alpha value is -2.05. The molecule has 1 saturated carbocycles. The summed E-state index contributed by atoms with van der Waals surface area (Å²) in [4.78, 5) is 8.81. The minimum absolute atomic E-state index is 0.491. The van der Waals surface area contributed by atoms with Gasteiger partial charge in [0.05, 0.1) is 5.52 Å². The van der Waals surface area contributed by atoms with E-state index in [1.54, 1.807) is 6.07 Å². The highest BCUT2D eigenvalue weighted by atomic mass is 35.5. The fourth-order valence-corrected chi connectivity index (χ4v) is 2.67. The van der Waals surface area contributed by atoms with Gasteiger partial charge in [-0.15, -0.1) is 0 Å². The molecule has 2 N–H and O–H groups in total. The van der Waals surface area contributed by atoms with Crippen molar-refractivity contribution in [2.45, 2.75) is 18.8 Å². The molecule has 7 heteroatoms. The number of nitrogens with zero attached hydrogens (tertiary/aromatic N) is 3. The molecule has 4 rings (SSSR count). The molecule has 2 aromatic heterocycles. The molecule has 0 unspecified atom stereocenters. The predicted molar refractivity (Wildman–Crippen MR) is 91.2 cm³/mol. The van der Waals surface area contributed by atoms with Crippen LogP contribution in [0.3, 0.4) is 0 Å². The zero-order valence-corrected chi connectivity index (χ0v) is 13.1. The molecule has 1 aromatic carbocycles. The van der Waals surface area contributed by atoms with E-state index in [0.717, 1.165) is 22.4 Å². The first-order valence-corrected chi connectivity index (χ1v) is 7.82. The van der Waals surface area contributed by atoms with Gasteiger partial charge >= 0.3 is 0 Å². The molecule has 22 heavy (non-hydrogen) atoms. The summed E-state index contributed by atoms with van der Waals surface area (Å²) in [6, 6.07) is 7.51. The number of thiocarbonyl (C=S) groups is 1. The lowest BCUT2D eigenvalue weighted by Crippen LogP contribution is -2.01. The number of aromatic nitrogens is 4. The van der Waals surface area contributed by atoms with Crippen molar-refractivity contribution in [3.8, 4) is 0 Å². The number of hydrogen-bond donors (Lipinski definition) is 2. The van der Waals surface area contributed by atoms with Gasteiger partial charge in [-0.25, -0.2) is 9.97 Å². The minimum atomic E-state index is 0.491. The molecule has 0 atom stereocenters. The maximum Gasteiger partial charge on any atom is 0.165 e. The monoisotopic (exact) mass is 329 g/mol. The van der Waals surface area contributed by atoms with Gasteiger partial charge in [-0.3, -0.25) is 5.10 Å². The maximum absolute atomic E-state index is 6.09. The Bertz CT molecular complexity index is 871. The summed E-state index contributed by atoms with van der Waals surface area (Å²) in [6.45, 7) is 0. The third-order valence-electron chi connectivity index (χ3n) is 3.64. The second kappa shape index (κ2) is 5.30. The van der Waals surface area contributed by atoms with E-state index in [4.69, 9.17) is 23.8 Å². The van der Waals surface area contributed by atoms with Crippen LogP contribution in [0.5, 0.6) is 0 Å². The number of benzene rings is 1. The largest absolute Gasteiger partial charge is 0.323 e. The van der Waals surface area contributed by atoms with Crippen LogP contribution in [-0.4, -0.2) is 25.5 Å². The van der Waals surface area contributed by atoms with Crippen molar-refractivity contribution >= 4 is 51.7 Å². The maximum atomic E-state index is 6.09. The highest BCUT2D eigenvalue weighted by Crippen LogP contribution is 2.39. The van der Waals surface area contributed by atoms with E-state index in [1.165, 1.54) is 18.2 Å². The van der Waals surface area contributed by atoms with Gasteiger partial charge in [-0.1, -0.05) is 23.8 Å². The summed E-state index contributed by atoms with van der Waals surface area (Å²) in [7, 11) is 0. The molecule has 0 spiro atoms. The Morgan fingerprint density at radius 1 is 1.27 bits per heavy atom. The molecule has 0 amide bonds. The topological polar surface area (TPSA) is 66.5 Å². The van der Waals surface area contributed by atoms with E-state index in [0.29, 0.717) is 22.6 Å². The number of H-pyrrole nitrogens is 1. The van der Waals surface area contributed by atoms with Crippen molar-refractivity contribution in [1.82, 2.24) is 20.2 Å². The summed E-state index contributed by atoms with van der Waals surface area (Å²) in [5.74, 6) is 2.50. The summed E-state index contributed by atoms with van der Waals surface area (Å²) >= 11 is 11.0. The van der Waals surface area contributed by atoms with Crippen LogP contribution < -0.4 is 5.32 Å². The molecule has 0 saturated heterocycles. The molecule has 0 bridgehead atoms. The molecular formula is C15H12ClN5S. The zero-order chi connectivity index (χ0) is 15.1. The van der Waals surface area contributed by atoms with Crippen LogP contribution in [0.4, 0.5) is 11.6 Å².